The van der Waals surface area contributed by atoms with Gasteiger partial charge >= 0.3 is 0 Å². The van der Waals surface area contributed by atoms with Crippen molar-refractivity contribution in [3.05, 3.63) is 70.1 Å². The van der Waals surface area contributed by atoms with Gasteiger partial charge in [-0.3, -0.25) is 14.2 Å². The van der Waals surface area contributed by atoms with Gasteiger partial charge in [-0.2, -0.15) is 0 Å². The van der Waals surface area contributed by atoms with E-state index in [1.165, 1.54) is 22.9 Å². The van der Waals surface area contributed by atoms with Crippen LogP contribution >= 0.6 is 15.9 Å². The molecule has 0 bridgehead atoms. The molecule has 0 amide bonds. The fourth-order valence-electron chi connectivity index (χ4n) is 2.29. The maximum Gasteiger partial charge on any atom is 0.262 e. The number of hydrogen-bond acceptors (Lipinski definition) is 2. The summed E-state index contributed by atoms with van der Waals surface area (Å²) in [6.45, 7) is 0. The molecule has 5 heteroatoms. The molecule has 0 saturated heterocycles. The van der Waals surface area contributed by atoms with Crippen LogP contribution in [-0.4, -0.2) is 16.8 Å². The van der Waals surface area contributed by atoms with Crippen molar-refractivity contribution >= 4 is 39.0 Å². The number of halogens is 2. The monoisotopic (exact) mass is 345 g/mol. The van der Waals surface area contributed by atoms with E-state index in [1.54, 1.807) is 30.3 Å². The highest BCUT2D eigenvalue weighted by Gasteiger charge is 2.17. The van der Waals surface area contributed by atoms with Crippen LogP contribution in [0.4, 0.5) is 4.39 Å². The van der Waals surface area contributed by atoms with Crippen LogP contribution in [0.15, 0.2) is 53.1 Å². The molecule has 0 aliphatic heterocycles. The second-order valence-electron chi connectivity index (χ2n) is 4.53. The van der Waals surface area contributed by atoms with Gasteiger partial charge in [-0.15, -0.1) is 0 Å². The summed E-state index contributed by atoms with van der Waals surface area (Å²) in [5.74, 6) is -0.793. The lowest BCUT2D eigenvalue weighted by Crippen LogP contribution is -2.10. The molecule has 3 rings (SSSR count). The first-order chi connectivity index (χ1) is 10.1. The minimum atomic E-state index is -0.480. The van der Waals surface area contributed by atoms with Crippen molar-refractivity contribution in [1.29, 1.82) is 0 Å². The second-order valence-corrected chi connectivity index (χ2v) is 5.38. The number of fused-ring (bicyclic) bond motifs is 1. The molecule has 0 unspecified atom stereocenters. The van der Waals surface area contributed by atoms with E-state index >= 15 is 0 Å². The third kappa shape index (κ3) is 2.29. The molecule has 3 aromatic rings. The van der Waals surface area contributed by atoms with E-state index in [4.69, 9.17) is 0 Å². The van der Waals surface area contributed by atoms with Crippen molar-refractivity contribution in [3.8, 4) is 0 Å². The Labute approximate surface area is 128 Å². The van der Waals surface area contributed by atoms with Gasteiger partial charge in [0.05, 0.1) is 5.52 Å². The van der Waals surface area contributed by atoms with Crippen LogP contribution < -0.4 is 0 Å². The Morgan fingerprint density at radius 1 is 1.19 bits per heavy atom. The van der Waals surface area contributed by atoms with Crippen molar-refractivity contribution in [2.45, 2.75) is 0 Å². The topological polar surface area (TPSA) is 39.1 Å². The summed E-state index contributed by atoms with van der Waals surface area (Å²) in [7, 11) is 0. The third-order valence-electron chi connectivity index (χ3n) is 3.22. The lowest BCUT2D eigenvalue weighted by atomic mass is 10.2. The Bertz CT molecular complexity index is 856. The Kier molecular flexibility index (Phi) is 3.43. The fraction of sp³-hybridized carbons (Fsp3) is 0. The van der Waals surface area contributed by atoms with Crippen LogP contribution in [0.25, 0.3) is 10.9 Å². The molecule has 0 fully saturated rings. The van der Waals surface area contributed by atoms with Crippen LogP contribution in [-0.2, 0) is 0 Å². The number of nitrogens with zero attached hydrogens (tertiary/aromatic N) is 1. The lowest BCUT2D eigenvalue weighted by molar-refractivity contribution is 0.0965. The molecule has 0 atom stereocenters. The highest BCUT2D eigenvalue weighted by atomic mass is 79.9. The lowest BCUT2D eigenvalue weighted by Gasteiger charge is -2.04. The summed E-state index contributed by atoms with van der Waals surface area (Å²) < 4.78 is 15.4. The zero-order valence-electron chi connectivity index (χ0n) is 10.7. The number of aldehydes is 1. The summed E-state index contributed by atoms with van der Waals surface area (Å²) in [5, 5.41) is 0.524. The minimum Gasteiger partial charge on any atom is -0.298 e. The van der Waals surface area contributed by atoms with Gasteiger partial charge in [0.2, 0.25) is 0 Å². The highest BCUT2D eigenvalue weighted by Crippen LogP contribution is 2.30. The Morgan fingerprint density at radius 2 is 1.90 bits per heavy atom. The van der Waals surface area contributed by atoms with E-state index < -0.39 is 5.82 Å². The third-order valence-corrected chi connectivity index (χ3v) is 3.84. The standard InChI is InChI=1S/C16H9BrFNO2/c17-13-6-12(18)7-14-15(13)11(9-20)8-19(14)16(21)10-4-2-1-3-5-10/h1-9H. The van der Waals surface area contributed by atoms with Crippen LogP contribution in [0.5, 0.6) is 0 Å². The largest absolute Gasteiger partial charge is 0.298 e. The molecule has 2 aromatic carbocycles. The number of carbonyl (C=O) groups is 2. The normalized spacial score (nSPS) is 10.8. The minimum absolute atomic E-state index is 0.314. The van der Waals surface area contributed by atoms with Crippen molar-refractivity contribution in [2.75, 3.05) is 0 Å². The van der Waals surface area contributed by atoms with Crippen molar-refractivity contribution in [3.63, 3.8) is 0 Å². The maximum atomic E-state index is 13.6. The Morgan fingerprint density at radius 3 is 2.57 bits per heavy atom. The van der Waals surface area contributed by atoms with E-state index in [0.717, 1.165) is 0 Å². The Balaban J connectivity index is 2.29. The van der Waals surface area contributed by atoms with E-state index in [1.807, 2.05) is 0 Å². The number of rotatable bonds is 2. The molecule has 1 aromatic heterocycles. The van der Waals surface area contributed by atoms with Crippen molar-refractivity contribution in [1.82, 2.24) is 4.57 Å². The summed E-state index contributed by atoms with van der Waals surface area (Å²) in [4.78, 5) is 23.7. The first-order valence-corrected chi connectivity index (χ1v) is 6.96. The SMILES string of the molecule is O=Cc1cn(C(=O)c2ccccc2)c2cc(F)cc(Br)c12. The molecule has 0 N–H and O–H groups in total. The van der Waals surface area contributed by atoms with Gasteiger partial charge in [0.1, 0.15) is 5.82 Å². The molecule has 0 saturated carbocycles. The first kappa shape index (κ1) is 13.7. The molecule has 21 heavy (non-hydrogen) atoms. The number of aromatic nitrogens is 1. The molecule has 1 heterocycles. The van der Waals surface area contributed by atoms with Gasteiger partial charge in [-0.1, -0.05) is 18.2 Å². The first-order valence-electron chi connectivity index (χ1n) is 6.17. The van der Waals surface area contributed by atoms with Gasteiger partial charge < -0.3 is 0 Å². The van der Waals surface area contributed by atoms with Crippen LogP contribution in [0, 0.1) is 5.82 Å². The Hall–Kier alpha value is -2.27. The second kappa shape index (κ2) is 5.26. The average Bonchev–Trinajstić information content (AvgIpc) is 2.86. The van der Waals surface area contributed by atoms with E-state index in [0.29, 0.717) is 32.8 Å². The number of hydrogen-bond donors (Lipinski definition) is 0. The molecule has 3 nitrogen and oxygen atoms in total. The highest BCUT2D eigenvalue weighted by molar-refractivity contribution is 9.10. The predicted octanol–water partition coefficient (Wildman–Crippen LogP) is 4.04. The van der Waals surface area contributed by atoms with E-state index in [9.17, 15) is 14.0 Å². The van der Waals surface area contributed by atoms with Crippen LogP contribution in [0.3, 0.4) is 0 Å². The van der Waals surface area contributed by atoms with Crippen LogP contribution in [0.1, 0.15) is 20.7 Å². The van der Waals surface area contributed by atoms with E-state index in [2.05, 4.69) is 15.9 Å². The van der Waals surface area contributed by atoms with Crippen molar-refractivity contribution in [2.24, 2.45) is 0 Å². The van der Waals surface area contributed by atoms with Crippen molar-refractivity contribution < 1.29 is 14.0 Å². The fourth-order valence-corrected chi connectivity index (χ4v) is 2.94. The molecular weight excluding hydrogens is 337 g/mol. The summed E-state index contributed by atoms with van der Waals surface area (Å²) in [6.07, 6.45) is 2.08. The summed E-state index contributed by atoms with van der Waals surface area (Å²) in [6, 6.07) is 11.1. The average molecular weight is 346 g/mol. The predicted molar refractivity (Wildman–Crippen MR) is 81.2 cm³/mol. The van der Waals surface area contributed by atoms with Gasteiger partial charge in [-0.25, -0.2) is 4.39 Å². The van der Waals surface area contributed by atoms with Gasteiger partial charge in [-0.05, 0) is 40.2 Å². The quantitative estimate of drug-likeness (QED) is 0.657. The van der Waals surface area contributed by atoms with Gasteiger partial charge in [0, 0.05) is 27.2 Å². The zero-order chi connectivity index (χ0) is 15.0. The zero-order valence-corrected chi connectivity index (χ0v) is 12.3. The van der Waals surface area contributed by atoms with Gasteiger partial charge in [0.15, 0.2) is 6.29 Å². The number of benzene rings is 2. The maximum absolute atomic E-state index is 13.6. The summed E-state index contributed by atoms with van der Waals surface area (Å²) in [5.41, 5.74) is 1.16. The number of carbonyl (C=O) groups excluding carboxylic acids is 2. The van der Waals surface area contributed by atoms with Crippen LogP contribution in [0.2, 0.25) is 0 Å². The van der Waals surface area contributed by atoms with E-state index in [-0.39, 0.29) is 5.91 Å². The molecule has 0 aliphatic carbocycles. The molecular formula is C16H9BrFNO2. The van der Waals surface area contributed by atoms with Gasteiger partial charge in [0.25, 0.3) is 5.91 Å². The molecule has 0 spiro atoms. The smallest absolute Gasteiger partial charge is 0.262 e. The molecule has 104 valence electrons. The molecule has 0 radical (unpaired) electrons. The summed E-state index contributed by atoms with van der Waals surface area (Å²) >= 11 is 3.23. The molecule has 0 aliphatic rings.